The van der Waals surface area contributed by atoms with Gasteiger partial charge < -0.3 is 10.8 Å². The van der Waals surface area contributed by atoms with Crippen molar-refractivity contribution in [1.29, 1.82) is 0 Å². The number of benzene rings is 1. The van der Waals surface area contributed by atoms with Crippen LogP contribution < -0.4 is 5.73 Å². The summed E-state index contributed by atoms with van der Waals surface area (Å²) in [6.45, 7) is 0. The topological polar surface area (TPSA) is 81.1 Å². The standard InChI is InChI=1S/C11H9F2N3O2/c1-16-10(14)4-9(15-16)5-2-8(13)6(11(17)18)3-7(5)12/h2-4H,14H2,1H3,(H,17,18). The molecule has 0 aliphatic carbocycles. The highest BCUT2D eigenvalue weighted by atomic mass is 19.1. The van der Waals surface area contributed by atoms with E-state index in [-0.39, 0.29) is 17.1 Å². The largest absolute Gasteiger partial charge is 0.478 e. The highest BCUT2D eigenvalue weighted by molar-refractivity contribution is 5.88. The van der Waals surface area contributed by atoms with Gasteiger partial charge in [-0.05, 0) is 12.1 Å². The van der Waals surface area contributed by atoms with E-state index in [0.29, 0.717) is 6.07 Å². The molecule has 94 valence electrons. The Morgan fingerprint density at radius 2 is 2.00 bits per heavy atom. The quantitative estimate of drug-likeness (QED) is 0.852. The van der Waals surface area contributed by atoms with E-state index in [2.05, 4.69) is 5.10 Å². The van der Waals surface area contributed by atoms with E-state index in [1.165, 1.54) is 10.7 Å². The molecule has 2 aromatic rings. The van der Waals surface area contributed by atoms with Gasteiger partial charge >= 0.3 is 5.97 Å². The van der Waals surface area contributed by atoms with Crippen LogP contribution in [-0.2, 0) is 7.05 Å². The minimum absolute atomic E-state index is 0.134. The average molecular weight is 253 g/mol. The normalized spacial score (nSPS) is 10.6. The Labute approximate surface area is 100 Å². The van der Waals surface area contributed by atoms with E-state index in [1.807, 2.05) is 0 Å². The number of hydrogen-bond donors (Lipinski definition) is 2. The third-order valence-electron chi connectivity index (χ3n) is 2.48. The van der Waals surface area contributed by atoms with Crippen LogP contribution in [0, 0.1) is 11.6 Å². The Kier molecular flexibility index (Phi) is 2.74. The molecule has 1 heterocycles. The second-order valence-electron chi connectivity index (χ2n) is 3.70. The van der Waals surface area contributed by atoms with Crippen LogP contribution in [0.25, 0.3) is 11.3 Å². The van der Waals surface area contributed by atoms with Gasteiger partial charge in [0, 0.05) is 18.7 Å². The molecule has 2 rings (SSSR count). The van der Waals surface area contributed by atoms with Crippen LogP contribution in [0.3, 0.4) is 0 Å². The lowest BCUT2D eigenvalue weighted by atomic mass is 10.1. The molecule has 0 saturated heterocycles. The van der Waals surface area contributed by atoms with Crippen LogP contribution >= 0.6 is 0 Å². The van der Waals surface area contributed by atoms with Crippen molar-refractivity contribution in [2.75, 3.05) is 5.73 Å². The van der Waals surface area contributed by atoms with Gasteiger partial charge in [-0.15, -0.1) is 0 Å². The number of anilines is 1. The van der Waals surface area contributed by atoms with Crippen molar-refractivity contribution in [2.45, 2.75) is 0 Å². The van der Waals surface area contributed by atoms with Gasteiger partial charge in [0.1, 0.15) is 17.5 Å². The van der Waals surface area contributed by atoms with Gasteiger partial charge in [0.25, 0.3) is 0 Å². The monoisotopic (exact) mass is 253 g/mol. The van der Waals surface area contributed by atoms with Crippen molar-refractivity contribution in [2.24, 2.45) is 7.05 Å². The highest BCUT2D eigenvalue weighted by Gasteiger charge is 2.17. The van der Waals surface area contributed by atoms with Gasteiger partial charge in [0.05, 0.1) is 11.3 Å². The number of nitrogens with two attached hydrogens (primary N) is 1. The minimum atomic E-state index is -1.53. The lowest BCUT2D eigenvalue weighted by Crippen LogP contribution is -2.02. The molecule has 7 heteroatoms. The fourth-order valence-corrected chi connectivity index (χ4v) is 1.52. The molecule has 0 spiro atoms. The number of nitrogens with zero attached hydrogens (tertiary/aromatic N) is 2. The summed E-state index contributed by atoms with van der Waals surface area (Å²) in [7, 11) is 1.55. The molecule has 0 fully saturated rings. The van der Waals surface area contributed by atoms with Crippen molar-refractivity contribution < 1.29 is 18.7 Å². The molecule has 0 saturated carbocycles. The molecule has 0 aliphatic rings. The smallest absolute Gasteiger partial charge is 0.338 e. The third kappa shape index (κ3) is 1.90. The maximum atomic E-state index is 13.7. The third-order valence-corrected chi connectivity index (χ3v) is 2.48. The predicted octanol–water partition coefficient (Wildman–Crippen LogP) is 1.65. The number of aromatic nitrogens is 2. The molecule has 0 aliphatic heterocycles. The van der Waals surface area contributed by atoms with E-state index in [4.69, 9.17) is 10.8 Å². The Hall–Kier alpha value is -2.44. The number of rotatable bonds is 2. The summed E-state index contributed by atoms with van der Waals surface area (Å²) in [6, 6.07) is 2.79. The Morgan fingerprint density at radius 3 is 2.50 bits per heavy atom. The second kappa shape index (κ2) is 4.10. The zero-order chi connectivity index (χ0) is 13.4. The number of hydrogen-bond acceptors (Lipinski definition) is 3. The van der Waals surface area contributed by atoms with E-state index in [9.17, 15) is 13.6 Å². The summed E-state index contributed by atoms with van der Waals surface area (Å²) in [5.41, 5.74) is 4.82. The number of carboxylic acid groups (broad SMARTS) is 1. The van der Waals surface area contributed by atoms with Gasteiger partial charge in [-0.1, -0.05) is 0 Å². The molecule has 1 aromatic heterocycles. The highest BCUT2D eigenvalue weighted by Crippen LogP contribution is 2.25. The number of aromatic carboxylic acids is 1. The second-order valence-corrected chi connectivity index (χ2v) is 3.70. The van der Waals surface area contributed by atoms with E-state index >= 15 is 0 Å². The molecule has 1 aromatic carbocycles. The minimum Gasteiger partial charge on any atom is -0.478 e. The summed E-state index contributed by atoms with van der Waals surface area (Å²) < 4.78 is 28.5. The van der Waals surface area contributed by atoms with Gasteiger partial charge in [0.2, 0.25) is 0 Å². The molecule has 18 heavy (non-hydrogen) atoms. The maximum Gasteiger partial charge on any atom is 0.338 e. The lowest BCUT2D eigenvalue weighted by Gasteiger charge is -2.02. The molecule has 0 bridgehead atoms. The first-order valence-corrected chi connectivity index (χ1v) is 4.92. The van der Waals surface area contributed by atoms with E-state index in [1.54, 1.807) is 7.05 Å². The van der Waals surface area contributed by atoms with Crippen molar-refractivity contribution >= 4 is 11.8 Å². The summed E-state index contributed by atoms with van der Waals surface area (Å²) in [6.07, 6.45) is 0. The van der Waals surface area contributed by atoms with Gasteiger partial charge in [-0.2, -0.15) is 5.10 Å². The first-order chi connectivity index (χ1) is 8.40. The van der Waals surface area contributed by atoms with Crippen molar-refractivity contribution in [3.05, 3.63) is 35.4 Å². The fourth-order valence-electron chi connectivity index (χ4n) is 1.52. The summed E-state index contributed by atoms with van der Waals surface area (Å²) in [4.78, 5) is 10.6. The summed E-state index contributed by atoms with van der Waals surface area (Å²) in [5, 5.41) is 12.5. The van der Waals surface area contributed by atoms with Crippen LogP contribution in [0.2, 0.25) is 0 Å². The Morgan fingerprint density at radius 1 is 1.33 bits per heavy atom. The maximum absolute atomic E-state index is 13.7. The first-order valence-electron chi connectivity index (χ1n) is 4.92. The predicted molar refractivity (Wildman–Crippen MR) is 59.9 cm³/mol. The fraction of sp³-hybridized carbons (Fsp3) is 0.0909. The number of carboxylic acids is 1. The SMILES string of the molecule is Cn1nc(-c2cc(F)c(C(=O)O)cc2F)cc1N. The van der Waals surface area contributed by atoms with Crippen molar-refractivity contribution in [3.8, 4) is 11.3 Å². The molecule has 0 atom stereocenters. The van der Waals surface area contributed by atoms with Crippen LogP contribution in [-0.4, -0.2) is 20.9 Å². The zero-order valence-corrected chi connectivity index (χ0v) is 9.32. The van der Waals surface area contributed by atoms with Crippen molar-refractivity contribution in [3.63, 3.8) is 0 Å². The van der Waals surface area contributed by atoms with Crippen LogP contribution in [0.1, 0.15) is 10.4 Å². The first kappa shape index (κ1) is 12.0. The Bertz CT molecular complexity index is 618. The molecular formula is C11H9F2N3O2. The summed E-state index contributed by atoms with van der Waals surface area (Å²) >= 11 is 0. The average Bonchev–Trinajstić information content (AvgIpc) is 2.61. The number of nitrogen functional groups attached to an aromatic ring is 1. The molecule has 3 N–H and O–H groups in total. The molecular weight excluding hydrogens is 244 g/mol. The van der Waals surface area contributed by atoms with E-state index in [0.717, 1.165) is 6.07 Å². The van der Waals surface area contributed by atoms with Crippen molar-refractivity contribution in [1.82, 2.24) is 9.78 Å². The van der Waals surface area contributed by atoms with Crippen LogP contribution in [0.15, 0.2) is 18.2 Å². The molecule has 0 radical (unpaired) electrons. The summed E-state index contributed by atoms with van der Waals surface area (Å²) in [5.74, 6) is -3.14. The van der Waals surface area contributed by atoms with Crippen LogP contribution in [0.4, 0.5) is 14.6 Å². The molecule has 0 unspecified atom stereocenters. The van der Waals surface area contributed by atoms with Gasteiger partial charge in [-0.25, -0.2) is 13.6 Å². The van der Waals surface area contributed by atoms with E-state index < -0.39 is 23.2 Å². The number of halogens is 2. The molecule has 5 nitrogen and oxygen atoms in total. The number of carbonyl (C=O) groups is 1. The van der Waals surface area contributed by atoms with Crippen LogP contribution in [0.5, 0.6) is 0 Å². The van der Waals surface area contributed by atoms with Gasteiger partial charge in [0.15, 0.2) is 0 Å². The zero-order valence-electron chi connectivity index (χ0n) is 9.32. The Balaban J connectivity index is 2.59. The number of aryl methyl sites for hydroxylation is 1. The van der Waals surface area contributed by atoms with Gasteiger partial charge in [-0.3, -0.25) is 4.68 Å². The lowest BCUT2D eigenvalue weighted by molar-refractivity contribution is 0.0691. The molecule has 0 amide bonds.